The van der Waals surface area contributed by atoms with Crippen LogP contribution in [0.3, 0.4) is 0 Å². The SMILES string of the molecule is OC[C@@H](O)[C@H]1O[C@H]2[C@H](N=C([Se])N2c2ccccc2)[C@H]1O. The van der Waals surface area contributed by atoms with E-state index in [9.17, 15) is 10.2 Å². The number of aliphatic hydroxyl groups is 3. The summed E-state index contributed by atoms with van der Waals surface area (Å²) in [5.74, 6) is 0. The van der Waals surface area contributed by atoms with Gasteiger partial charge in [-0.3, -0.25) is 0 Å². The van der Waals surface area contributed by atoms with Gasteiger partial charge in [0.25, 0.3) is 0 Å². The van der Waals surface area contributed by atoms with E-state index in [1.54, 1.807) is 0 Å². The predicted octanol–water partition coefficient (Wildman–Crippen LogP) is -1.16. The molecule has 2 aliphatic rings. The summed E-state index contributed by atoms with van der Waals surface area (Å²) in [4.78, 5) is 6.22. The van der Waals surface area contributed by atoms with Gasteiger partial charge in [0.15, 0.2) is 0 Å². The summed E-state index contributed by atoms with van der Waals surface area (Å²) in [6, 6.07) is 9.08. The van der Waals surface area contributed by atoms with Crippen molar-refractivity contribution in [2.45, 2.75) is 30.6 Å². The van der Waals surface area contributed by atoms with E-state index in [0.717, 1.165) is 5.69 Å². The fourth-order valence-corrected chi connectivity index (χ4v) is 3.30. The fraction of sp³-hybridized carbons (Fsp3) is 0.462. The Morgan fingerprint density at radius 2 is 2.05 bits per heavy atom. The number of nitrogens with zero attached hydrogens (tertiary/aromatic N) is 2. The zero-order valence-electron chi connectivity index (χ0n) is 10.5. The van der Waals surface area contributed by atoms with Gasteiger partial charge in [0, 0.05) is 0 Å². The minimum absolute atomic E-state index is 0.457. The van der Waals surface area contributed by atoms with Gasteiger partial charge < -0.3 is 0 Å². The van der Waals surface area contributed by atoms with Gasteiger partial charge >= 0.3 is 124 Å². The molecule has 1 saturated heterocycles. The third-order valence-corrected chi connectivity index (χ3v) is 4.23. The molecule has 1 radical (unpaired) electrons. The van der Waals surface area contributed by atoms with Crippen LogP contribution in [0, 0.1) is 0 Å². The van der Waals surface area contributed by atoms with Gasteiger partial charge in [0.1, 0.15) is 0 Å². The van der Waals surface area contributed by atoms with Crippen molar-refractivity contribution in [2.24, 2.45) is 4.99 Å². The number of amidine groups is 1. The maximum absolute atomic E-state index is 10.2. The van der Waals surface area contributed by atoms with Crippen LogP contribution in [0.4, 0.5) is 5.69 Å². The summed E-state index contributed by atoms with van der Waals surface area (Å²) in [5.41, 5.74) is 0.892. The molecule has 0 saturated carbocycles. The molecule has 1 aromatic rings. The van der Waals surface area contributed by atoms with Gasteiger partial charge in [-0.15, -0.1) is 0 Å². The van der Waals surface area contributed by atoms with Crippen LogP contribution in [0.25, 0.3) is 0 Å². The molecule has 2 heterocycles. The molecule has 5 atom stereocenters. The number of benzene rings is 1. The number of ether oxygens (including phenoxy) is 1. The molecule has 1 fully saturated rings. The van der Waals surface area contributed by atoms with Crippen LogP contribution in [0.2, 0.25) is 0 Å². The van der Waals surface area contributed by atoms with Crippen molar-refractivity contribution < 1.29 is 20.1 Å². The molecular weight excluding hydrogens is 327 g/mol. The monoisotopic (exact) mass is 343 g/mol. The van der Waals surface area contributed by atoms with Crippen LogP contribution in [-0.2, 0) is 4.74 Å². The van der Waals surface area contributed by atoms with Crippen molar-refractivity contribution in [1.29, 1.82) is 0 Å². The molecule has 0 unspecified atom stereocenters. The molecule has 7 heteroatoms. The quantitative estimate of drug-likeness (QED) is 0.604. The van der Waals surface area contributed by atoms with Crippen molar-refractivity contribution >= 4 is 26.4 Å². The number of rotatable bonds is 3. The average Bonchev–Trinajstić information content (AvgIpc) is 2.95. The van der Waals surface area contributed by atoms with E-state index in [0.29, 0.717) is 4.73 Å². The first-order valence-electron chi connectivity index (χ1n) is 6.35. The summed E-state index contributed by atoms with van der Waals surface area (Å²) in [5, 5.41) is 28.9. The van der Waals surface area contributed by atoms with Crippen molar-refractivity contribution in [3.8, 4) is 0 Å². The number of aliphatic imine (C=N–C) groups is 1. The first-order valence-corrected chi connectivity index (χ1v) is 7.20. The zero-order chi connectivity index (χ0) is 14.3. The minimum atomic E-state index is -1.12. The van der Waals surface area contributed by atoms with E-state index in [-0.39, 0.29) is 0 Å². The summed E-state index contributed by atoms with van der Waals surface area (Å²) in [7, 11) is 0. The Balaban J connectivity index is 1.88. The van der Waals surface area contributed by atoms with Crippen LogP contribution in [0.5, 0.6) is 0 Å². The van der Waals surface area contributed by atoms with Crippen LogP contribution < -0.4 is 4.90 Å². The molecule has 0 amide bonds. The molecule has 20 heavy (non-hydrogen) atoms. The van der Waals surface area contributed by atoms with Gasteiger partial charge in [-0.05, 0) is 0 Å². The summed E-state index contributed by atoms with van der Waals surface area (Å²) in [6.07, 6.45) is -3.38. The fourth-order valence-electron chi connectivity index (χ4n) is 2.61. The first kappa shape index (κ1) is 14.0. The van der Waals surface area contributed by atoms with E-state index in [4.69, 9.17) is 9.84 Å². The van der Waals surface area contributed by atoms with E-state index < -0.39 is 37.2 Å². The third kappa shape index (κ3) is 2.16. The van der Waals surface area contributed by atoms with E-state index in [2.05, 4.69) is 21.0 Å². The van der Waals surface area contributed by atoms with Crippen molar-refractivity contribution in [3.05, 3.63) is 30.3 Å². The standard InChI is InChI=1S/C13H15N2O4Se/c16-6-8(17)11-10(18)9-12(19-11)15(13(20)14-9)7-4-2-1-3-5-7/h1-5,8-12,16-18H,6H2/t8-,9-,10-,11-,12+/m1/s1. The van der Waals surface area contributed by atoms with Crippen LogP contribution >= 0.6 is 0 Å². The Hall–Kier alpha value is -0.951. The Labute approximate surface area is 124 Å². The molecule has 6 nitrogen and oxygen atoms in total. The Morgan fingerprint density at radius 1 is 1.35 bits per heavy atom. The second-order valence-corrected chi connectivity index (χ2v) is 5.61. The molecule has 2 aliphatic heterocycles. The van der Waals surface area contributed by atoms with Gasteiger partial charge in [-0.2, -0.15) is 0 Å². The number of fused-ring (bicyclic) bond motifs is 1. The van der Waals surface area contributed by atoms with Gasteiger partial charge in [-0.25, -0.2) is 0 Å². The second-order valence-electron chi connectivity index (χ2n) is 4.84. The molecule has 0 spiro atoms. The number of hydrogen-bond acceptors (Lipinski definition) is 6. The van der Waals surface area contributed by atoms with Crippen molar-refractivity contribution in [1.82, 2.24) is 0 Å². The molecule has 0 aliphatic carbocycles. The van der Waals surface area contributed by atoms with Gasteiger partial charge in [0.05, 0.1) is 0 Å². The van der Waals surface area contributed by atoms with Gasteiger partial charge in [-0.1, -0.05) is 0 Å². The molecule has 107 valence electrons. The van der Waals surface area contributed by atoms with Crippen LogP contribution in [0.15, 0.2) is 35.3 Å². The number of para-hydroxylation sites is 1. The predicted molar refractivity (Wildman–Crippen MR) is 73.7 cm³/mol. The van der Waals surface area contributed by atoms with E-state index in [1.165, 1.54) is 0 Å². The third-order valence-electron chi connectivity index (χ3n) is 3.60. The summed E-state index contributed by atoms with van der Waals surface area (Å²) in [6.45, 7) is -0.457. The Bertz CT molecular complexity index is 512. The molecule has 3 rings (SSSR count). The number of anilines is 1. The molecular formula is C13H15N2O4Se. The van der Waals surface area contributed by atoms with E-state index >= 15 is 0 Å². The Kier molecular flexibility index (Phi) is 3.81. The van der Waals surface area contributed by atoms with Crippen LogP contribution in [0.1, 0.15) is 0 Å². The molecule has 1 aromatic carbocycles. The summed E-state index contributed by atoms with van der Waals surface area (Å²) < 4.78 is 6.36. The topological polar surface area (TPSA) is 85.5 Å². The molecule has 0 aromatic heterocycles. The normalized spacial score (nSPS) is 34.0. The number of aliphatic hydroxyl groups excluding tert-OH is 3. The Morgan fingerprint density at radius 3 is 2.70 bits per heavy atom. The zero-order valence-corrected chi connectivity index (χ0v) is 12.2. The summed E-state index contributed by atoms with van der Waals surface area (Å²) >= 11 is 2.87. The maximum atomic E-state index is 10.2. The van der Waals surface area contributed by atoms with Crippen molar-refractivity contribution in [3.63, 3.8) is 0 Å². The van der Waals surface area contributed by atoms with Crippen LogP contribution in [-0.4, -0.2) is 73.3 Å². The van der Waals surface area contributed by atoms with Crippen molar-refractivity contribution in [2.75, 3.05) is 11.5 Å². The second kappa shape index (κ2) is 5.44. The average molecular weight is 342 g/mol. The van der Waals surface area contributed by atoms with E-state index in [1.807, 2.05) is 35.2 Å². The molecule has 0 bridgehead atoms. The van der Waals surface area contributed by atoms with Gasteiger partial charge in [0.2, 0.25) is 0 Å². The number of hydrogen-bond donors (Lipinski definition) is 3. The molecule has 3 N–H and O–H groups in total. The first-order chi connectivity index (χ1) is 9.63.